The van der Waals surface area contributed by atoms with Gasteiger partial charge in [0.2, 0.25) is 0 Å². The van der Waals surface area contributed by atoms with E-state index in [9.17, 15) is 14.9 Å². The highest BCUT2D eigenvalue weighted by Gasteiger charge is 2.33. The molecule has 1 aliphatic rings. The average Bonchev–Trinajstić information content (AvgIpc) is 3.24. The van der Waals surface area contributed by atoms with Gasteiger partial charge in [0.1, 0.15) is 5.75 Å². The molecule has 0 aromatic heterocycles. The van der Waals surface area contributed by atoms with Gasteiger partial charge >= 0.3 is 0 Å². The first-order chi connectivity index (χ1) is 14.6. The number of nitrogens with zero attached hydrogens (tertiary/aromatic N) is 3. The lowest BCUT2D eigenvalue weighted by molar-refractivity contribution is -0.384. The lowest BCUT2D eigenvalue weighted by Crippen LogP contribution is -2.27. The predicted octanol–water partition coefficient (Wildman–Crippen LogP) is 4.59. The molecule has 0 N–H and O–H groups in total. The molecule has 0 fully saturated rings. The van der Waals surface area contributed by atoms with Gasteiger partial charge in [-0.1, -0.05) is 30.3 Å². The predicted molar refractivity (Wildman–Crippen MR) is 113 cm³/mol. The molecule has 1 heterocycles. The van der Waals surface area contributed by atoms with Crippen molar-refractivity contribution in [1.29, 1.82) is 0 Å². The van der Waals surface area contributed by atoms with Crippen molar-refractivity contribution in [3.05, 3.63) is 106 Å². The van der Waals surface area contributed by atoms with Crippen LogP contribution in [0, 0.1) is 10.1 Å². The van der Waals surface area contributed by atoms with Crippen LogP contribution in [0.15, 0.2) is 84.0 Å². The van der Waals surface area contributed by atoms with Crippen LogP contribution in [0.3, 0.4) is 0 Å². The van der Waals surface area contributed by atoms with Crippen LogP contribution in [0.2, 0.25) is 0 Å². The standard InChI is InChI=1S/C23H19N3O4/c1-30-20-13-9-16(10-14-20)21-15-22(17-7-11-19(12-8-17)26(28)29)25(24-21)23(27)18-5-3-2-4-6-18/h2-14,22H,15H2,1H3/t22-/m0/s1. The highest BCUT2D eigenvalue weighted by Crippen LogP contribution is 2.35. The van der Waals surface area contributed by atoms with Crippen LogP contribution in [0.5, 0.6) is 5.75 Å². The van der Waals surface area contributed by atoms with Crippen LogP contribution in [0.1, 0.15) is 33.9 Å². The normalized spacial score (nSPS) is 15.6. The van der Waals surface area contributed by atoms with Crippen molar-refractivity contribution >= 4 is 17.3 Å². The number of nitro groups is 1. The van der Waals surface area contributed by atoms with Crippen LogP contribution in [-0.4, -0.2) is 28.7 Å². The molecule has 1 atom stereocenters. The van der Waals surface area contributed by atoms with E-state index in [1.54, 1.807) is 43.5 Å². The second kappa shape index (κ2) is 8.16. The molecule has 0 radical (unpaired) electrons. The van der Waals surface area contributed by atoms with E-state index in [4.69, 9.17) is 4.74 Å². The number of benzene rings is 3. The molecule has 1 aliphatic heterocycles. The smallest absolute Gasteiger partial charge is 0.274 e. The number of hydrogen-bond acceptors (Lipinski definition) is 5. The van der Waals surface area contributed by atoms with E-state index in [0.29, 0.717) is 12.0 Å². The Morgan fingerprint density at radius 1 is 1.03 bits per heavy atom. The van der Waals surface area contributed by atoms with E-state index < -0.39 is 4.92 Å². The summed E-state index contributed by atoms with van der Waals surface area (Å²) in [6.07, 6.45) is 0.503. The van der Waals surface area contributed by atoms with E-state index in [1.807, 2.05) is 30.3 Å². The summed E-state index contributed by atoms with van der Waals surface area (Å²) in [4.78, 5) is 23.7. The van der Waals surface area contributed by atoms with Crippen molar-refractivity contribution in [3.8, 4) is 5.75 Å². The van der Waals surface area contributed by atoms with Crippen molar-refractivity contribution in [2.45, 2.75) is 12.5 Å². The third-order valence-electron chi connectivity index (χ3n) is 5.05. The Labute approximate surface area is 173 Å². The molecule has 0 spiro atoms. The zero-order valence-corrected chi connectivity index (χ0v) is 16.3. The van der Waals surface area contributed by atoms with Crippen LogP contribution >= 0.6 is 0 Å². The minimum absolute atomic E-state index is 0.00831. The highest BCUT2D eigenvalue weighted by molar-refractivity contribution is 6.05. The Bertz CT molecular complexity index is 1090. The maximum absolute atomic E-state index is 13.2. The van der Waals surface area contributed by atoms with Gasteiger partial charge in [-0.2, -0.15) is 5.10 Å². The number of nitro benzene ring substituents is 1. The Balaban J connectivity index is 1.70. The molecule has 0 aliphatic carbocycles. The molecule has 7 nitrogen and oxygen atoms in total. The van der Waals surface area contributed by atoms with Crippen LogP contribution < -0.4 is 4.74 Å². The van der Waals surface area contributed by atoms with Gasteiger partial charge < -0.3 is 4.74 Å². The van der Waals surface area contributed by atoms with Crippen molar-refractivity contribution in [1.82, 2.24) is 5.01 Å². The first-order valence-electron chi connectivity index (χ1n) is 9.41. The fourth-order valence-electron chi connectivity index (χ4n) is 3.45. The van der Waals surface area contributed by atoms with E-state index in [0.717, 1.165) is 22.6 Å². The summed E-state index contributed by atoms with van der Waals surface area (Å²) in [6, 6.07) is 22.4. The summed E-state index contributed by atoms with van der Waals surface area (Å²) in [6.45, 7) is 0. The molecular formula is C23H19N3O4. The van der Waals surface area contributed by atoms with Gasteiger partial charge in [-0.25, -0.2) is 5.01 Å². The number of rotatable bonds is 5. The van der Waals surface area contributed by atoms with Crippen molar-refractivity contribution in [2.75, 3.05) is 7.11 Å². The van der Waals surface area contributed by atoms with E-state index in [2.05, 4.69) is 5.10 Å². The monoisotopic (exact) mass is 401 g/mol. The molecule has 30 heavy (non-hydrogen) atoms. The average molecular weight is 401 g/mol. The van der Waals surface area contributed by atoms with Crippen molar-refractivity contribution < 1.29 is 14.5 Å². The summed E-state index contributed by atoms with van der Waals surface area (Å²) < 4.78 is 5.21. The zero-order chi connectivity index (χ0) is 21.1. The number of amides is 1. The summed E-state index contributed by atoms with van der Waals surface area (Å²) in [5.74, 6) is 0.518. The molecule has 0 unspecified atom stereocenters. The molecule has 3 aromatic carbocycles. The number of carbonyl (C=O) groups is 1. The van der Waals surface area contributed by atoms with E-state index in [1.165, 1.54) is 17.1 Å². The maximum atomic E-state index is 13.2. The van der Waals surface area contributed by atoms with Gasteiger partial charge in [-0.15, -0.1) is 0 Å². The summed E-state index contributed by atoms with van der Waals surface area (Å²) in [7, 11) is 1.60. The fraction of sp³-hybridized carbons (Fsp3) is 0.130. The number of hydrazone groups is 1. The Morgan fingerprint density at radius 2 is 1.70 bits per heavy atom. The number of ether oxygens (including phenoxy) is 1. The zero-order valence-electron chi connectivity index (χ0n) is 16.3. The van der Waals surface area contributed by atoms with Crippen molar-refractivity contribution in [3.63, 3.8) is 0 Å². The molecule has 4 rings (SSSR count). The number of non-ortho nitro benzene ring substituents is 1. The largest absolute Gasteiger partial charge is 0.497 e. The summed E-state index contributed by atoms with van der Waals surface area (Å²) in [5, 5.41) is 17.1. The quantitative estimate of drug-likeness (QED) is 0.462. The molecule has 3 aromatic rings. The lowest BCUT2D eigenvalue weighted by atomic mass is 9.98. The fourth-order valence-corrected chi connectivity index (χ4v) is 3.45. The van der Waals surface area contributed by atoms with Crippen LogP contribution in [0.25, 0.3) is 0 Å². The van der Waals surface area contributed by atoms with Crippen LogP contribution in [0.4, 0.5) is 5.69 Å². The number of carbonyl (C=O) groups excluding carboxylic acids is 1. The van der Waals surface area contributed by atoms with Gasteiger partial charge in [0.05, 0.1) is 23.8 Å². The number of hydrogen-bond donors (Lipinski definition) is 0. The SMILES string of the molecule is COc1ccc(C2=NN(C(=O)c3ccccc3)[C@H](c3ccc([N+](=O)[O-])cc3)C2)cc1. The second-order valence-electron chi connectivity index (χ2n) is 6.86. The van der Waals surface area contributed by atoms with E-state index in [-0.39, 0.29) is 17.6 Å². The highest BCUT2D eigenvalue weighted by atomic mass is 16.6. The molecular weight excluding hydrogens is 382 g/mol. The van der Waals surface area contributed by atoms with E-state index >= 15 is 0 Å². The Morgan fingerprint density at radius 3 is 2.30 bits per heavy atom. The maximum Gasteiger partial charge on any atom is 0.274 e. The van der Waals surface area contributed by atoms with Gasteiger partial charge in [-0.05, 0) is 47.5 Å². The minimum atomic E-state index is -0.440. The molecule has 150 valence electrons. The molecule has 0 saturated carbocycles. The summed E-state index contributed by atoms with van der Waals surface area (Å²) in [5.41, 5.74) is 2.99. The molecule has 1 amide bonds. The Kier molecular flexibility index (Phi) is 5.26. The Hall–Kier alpha value is -4.00. The molecule has 7 heteroatoms. The van der Waals surface area contributed by atoms with Gasteiger partial charge in [0, 0.05) is 24.1 Å². The van der Waals surface area contributed by atoms with Crippen molar-refractivity contribution in [2.24, 2.45) is 5.10 Å². The lowest BCUT2D eigenvalue weighted by Gasteiger charge is -2.22. The third-order valence-corrected chi connectivity index (χ3v) is 5.05. The van der Waals surface area contributed by atoms with Gasteiger partial charge in [-0.3, -0.25) is 14.9 Å². The molecule has 0 saturated heterocycles. The first kappa shape index (κ1) is 19.3. The third kappa shape index (κ3) is 3.77. The molecule has 0 bridgehead atoms. The summed E-state index contributed by atoms with van der Waals surface area (Å²) >= 11 is 0. The van der Waals surface area contributed by atoms with Gasteiger partial charge in [0.15, 0.2) is 0 Å². The first-order valence-corrected chi connectivity index (χ1v) is 9.41. The number of methoxy groups -OCH3 is 1. The van der Waals surface area contributed by atoms with Gasteiger partial charge in [0.25, 0.3) is 11.6 Å². The van der Waals surface area contributed by atoms with Crippen LogP contribution in [-0.2, 0) is 0 Å². The topological polar surface area (TPSA) is 85.0 Å². The minimum Gasteiger partial charge on any atom is -0.497 e. The second-order valence-corrected chi connectivity index (χ2v) is 6.86.